The van der Waals surface area contributed by atoms with Crippen molar-refractivity contribution < 1.29 is 18.3 Å². The van der Waals surface area contributed by atoms with Gasteiger partial charge in [-0.05, 0) is 30.7 Å². The van der Waals surface area contributed by atoms with Crippen LogP contribution in [-0.2, 0) is 16.0 Å². The first kappa shape index (κ1) is 12.8. The average molecular weight is 228 g/mol. The van der Waals surface area contributed by atoms with Crippen molar-refractivity contribution >= 4 is 5.78 Å². The fraction of sp³-hybridized carbons (Fsp3) is 0.417. The Kier molecular flexibility index (Phi) is 4.55. The number of rotatable bonds is 5. The first-order chi connectivity index (χ1) is 7.52. The maximum Gasteiger partial charge on any atom is 0.139 e. The van der Waals surface area contributed by atoms with Crippen molar-refractivity contribution in [2.24, 2.45) is 0 Å². The molecule has 1 unspecified atom stereocenters. The Labute approximate surface area is 93.2 Å². The zero-order valence-corrected chi connectivity index (χ0v) is 9.30. The lowest BCUT2D eigenvalue weighted by atomic mass is 10.0. The Morgan fingerprint density at radius 1 is 1.44 bits per heavy atom. The molecule has 0 spiro atoms. The second-order valence-electron chi connectivity index (χ2n) is 3.70. The van der Waals surface area contributed by atoms with Crippen molar-refractivity contribution in [1.29, 1.82) is 0 Å². The van der Waals surface area contributed by atoms with Gasteiger partial charge in [-0.2, -0.15) is 0 Å². The molecular formula is C12H14F2O2. The smallest absolute Gasteiger partial charge is 0.139 e. The van der Waals surface area contributed by atoms with E-state index in [-0.39, 0.29) is 30.3 Å². The van der Waals surface area contributed by atoms with E-state index in [1.165, 1.54) is 7.11 Å². The molecule has 0 aliphatic heterocycles. The van der Waals surface area contributed by atoms with Gasteiger partial charge in [0, 0.05) is 20.0 Å². The zero-order chi connectivity index (χ0) is 12.1. The molecule has 0 saturated carbocycles. The third kappa shape index (κ3) is 3.70. The van der Waals surface area contributed by atoms with Crippen LogP contribution in [0, 0.1) is 11.6 Å². The van der Waals surface area contributed by atoms with Crippen LogP contribution < -0.4 is 0 Å². The minimum Gasteiger partial charge on any atom is -0.381 e. The largest absolute Gasteiger partial charge is 0.381 e. The van der Waals surface area contributed by atoms with E-state index in [1.54, 1.807) is 6.92 Å². The Bertz CT molecular complexity index is 377. The summed E-state index contributed by atoms with van der Waals surface area (Å²) in [7, 11) is 1.50. The number of halogens is 2. The van der Waals surface area contributed by atoms with Crippen molar-refractivity contribution in [3.63, 3.8) is 0 Å². The first-order valence-electron chi connectivity index (χ1n) is 5.01. The third-order valence-corrected chi connectivity index (χ3v) is 2.31. The van der Waals surface area contributed by atoms with E-state index in [2.05, 4.69) is 0 Å². The van der Waals surface area contributed by atoms with E-state index < -0.39 is 11.6 Å². The van der Waals surface area contributed by atoms with Crippen molar-refractivity contribution in [3.8, 4) is 0 Å². The summed E-state index contributed by atoms with van der Waals surface area (Å²) < 4.78 is 30.9. The summed E-state index contributed by atoms with van der Waals surface area (Å²) >= 11 is 0. The molecule has 0 aliphatic rings. The van der Waals surface area contributed by atoms with Crippen molar-refractivity contribution in [3.05, 3.63) is 35.4 Å². The first-order valence-corrected chi connectivity index (χ1v) is 5.01. The number of benzene rings is 1. The van der Waals surface area contributed by atoms with Crippen LogP contribution in [0.4, 0.5) is 8.78 Å². The number of hydrogen-bond acceptors (Lipinski definition) is 2. The van der Waals surface area contributed by atoms with Gasteiger partial charge in [0.25, 0.3) is 0 Å². The summed E-state index contributed by atoms with van der Waals surface area (Å²) in [5.41, 5.74) is 0.0910. The molecule has 1 aromatic carbocycles. The molecule has 0 saturated heterocycles. The third-order valence-electron chi connectivity index (χ3n) is 2.31. The van der Waals surface area contributed by atoms with Gasteiger partial charge in [-0.25, -0.2) is 8.78 Å². The maximum absolute atomic E-state index is 13.2. The van der Waals surface area contributed by atoms with Gasteiger partial charge < -0.3 is 4.74 Å². The molecule has 0 heterocycles. The van der Waals surface area contributed by atoms with Crippen LogP contribution >= 0.6 is 0 Å². The van der Waals surface area contributed by atoms with E-state index in [1.807, 2.05) is 0 Å². The SMILES string of the molecule is COC(C)CC(=O)Cc1cc(F)ccc1F. The second kappa shape index (κ2) is 5.70. The predicted octanol–water partition coefficient (Wildman–Crippen LogP) is 2.50. The van der Waals surface area contributed by atoms with E-state index in [0.717, 1.165) is 18.2 Å². The zero-order valence-electron chi connectivity index (χ0n) is 9.30. The van der Waals surface area contributed by atoms with Crippen molar-refractivity contribution in [1.82, 2.24) is 0 Å². The number of ether oxygens (including phenoxy) is 1. The van der Waals surface area contributed by atoms with Gasteiger partial charge in [0.05, 0.1) is 6.10 Å². The molecule has 16 heavy (non-hydrogen) atoms. The lowest BCUT2D eigenvalue weighted by Crippen LogP contribution is -2.14. The van der Waals surface area contributed by atoms with Crippen LogP contribution in [0.3, 0.4) is 0 Å². The minimum absolute atomic E-state index is 0.0910. The quantitative estimate of drug-likeness (QED) is 0.774. The van der Waals surface area contributed by atoms with Crippen molar-refractivity contribution in [2.75, 3.05) is 7.11 Å². The van der Waals surface area contributed by atoms with Gasteiger partial charge in [0.15, 0.2) is 0 Å². The molecule has 0 aromatic heterocycles. The summed E-state index contributed by atoms with van der Waals surface area (Å²) in [6.07, 6.45) is -0.104. The highest BCUT2D eigenvalue weighted by molar-refractivity contribution is 5.81. The monoisotopic (exact) mass is 228 g/mol. The van der Waals surface area contributed by atoms with Gasteiger partial charge in [-0.3, -0.25) is 4.79 Å². The molecule has 0 radical (unpaired) electrons. The molecule has 1 atom stereocenters. The highest BCUT2D eigenvalue weighted by Gasteiger charge is 2.12. The summed E-state index contributed by atoms with van der Waals surface area (Å²) in [5.74, 6) is -1.26. The van der Waals surface area contributed by atoms with Crippen LogP contribution in [0.5, 0.6) is 0 Å². The summed E-state index contributed by atoms with van der Waals surface area (Å²) in [5, 5.41) is 0. The number of carbonyl (C=O) groups is 1. The fourth-order valence-corrected chi connectivity index (χ4v) is 1.37. The van der Waals surface area contributed by atoms with Gasteiger partial charge in [-0.1, -0.05) is 0 Å². The van der Waals surface area contributed by atoms with E-state index in [9.17, 15) is 13.6 Å². The van der Waals surface area contributed by atoms with E-state index in [4.69, 9.17) is 4.74 Å². The standard InChI is InChI=1S/C12H14F2O2/c1-8(16-2)5-11(15)7-9-6-10(13)3-4-12(9)14/h3-4,6,8H,5,7H2,1-2H3. The Morgan fingerprint density at radius 3 is 2.75 bits per heavy atom. The molecule has 0 aliphatic carbocycles. The normalized spacial score (nSPS) is 12.5. The maximum atomic E-state index is 13.2. The van der Waals surface area contributed by atoms with Crippen LogP contribution in [-0.4, -0.2) is 19.0 Å². The fourth-order valence-electron chi connectivity index (χ4n) is 1.37. The molecule has 1 rings (SSSR count). The molecule has 1 aromatic rings. The predicted molar refractivity (Wildman–Crippen MR) is 56.2 cm³/mol. The van der Waals surface area contributed by atoms with Crippen LogP contribution in [0.1, 0.15) is 18.9 Å². The highest BCUT2D eigenvalue weighted by Crippen LogP contribution is 2.12. The summed E-state index contributed by atoms with van der Waals surface area (Å²) in [6, 6.07) is 3.10. The highest BCUT2D eigenvalue weighted by atomic mass is 19.1. The lowest BCUT2D eigenvalue weighted by Gasteiger charge is -2.08. The average Bonchev–Trinajstić information content (AvgIpc) is 2.23. The molecule has 0 bridgehead atoms. The van der Waals surface area contributed by atoms with Gasteiger partial charge in [-0.15, -0.1) is 0 Å². The number of ketones is 1. The van der Waals surface area contributed by atoms with Gasteiger partial charge in [0.1, 0.15) is 17.4 Å². The van der Waals surface area contributed by atoms with Gasteiger partial charge in [0.2, 0.25) is 0 Å². The van der Waals surface area contributed by atoms with E-state index in [0.29, 0.717) is 0 Å². The molecule has 0 N–H and O–H groups in total. The second-order valence-corrected chi connectivity index (χ2v) is 3.70. The number of carbonyl (C=O) groups excluding carboxylic acids is 1. The van der Waals surface area contributed by atoms with Crippen LogP contribution in [0.15, 0.2) is 18.2 Å². The summed E-state index contributed by atoms with van der Waals surface area (Å²) in [6.45, 7) is 1.75. The topological polar surface area (TPSA) is 26.3 Å². The Balaban J connectivity index is 2.65. The van der Waals surface area contributed by atoms with Gasteiger partial charge >= 0.3 is 0 Å². The molecule has 0 fully saturated rings. The molecule has 0 amide bonds. The number of methoxy groups -OCH3 is 1. The molecule has 4 heteroatoms. The lowest BCUT2D eigenvalue weighted by molar-refractivity contribution is -0.120. The van der Waals surface area contributed by atoms with E-state index >= 15 is 0 Å². The van der Waals surface area contributed by atoms with Crippen LogP contribution in [0.2, 0.25) is 0 Å². The minimum atomic E-state index is -0.556. The Hall–Kier alpha value is -1.29. The molecule has 2 nitrogen and oxygen atoms in total. The molecular weight excluding hydrogens is 214 g/mol. The summed E-state index contributed by atoms with van der Waals surface area (Å²) in [4.78, 5) is 11.5. The Morgan fingerprint density at radius 2 is 2.12 bits per heavy atom. The molecule has 88 valence electrons. The number of Topliss-reactive ketones (excluding diaryl/α,β-unsaturated/α-hetero) is 1. The van der Waals surface area contributed by atoms with Crippen LogP contribution in [0.25, 0.3) is 0 Å². The van der Waals surface area contributed by atoms with Crippen molar-refractivity contribution in [2.45, 2.75) is 25.9 Å². The number of hydrogen-bond donors (Lipinski definition) is 0.